The van der Waals surface area contributed by atoms with Crippen molar-refractivity contribution in [2.24, 2.45) is 0 Å². The van der Waals surface area contributed by atoms with Gasteiger partial charge in [-0.15, -0.1) is 0 Å². The molecular formula is C15H15N3. The molecule has 0 aliphatic rings. The molecule has 0 unspecified atom stereocenters. The largest absolute Gasteiger partial charge is 0.300 e. The van der Waals surface area contributed by atoms with Crippen molar-refractivity contribution < 1.29 is 0 Å². The molecule has 18 heavy (non-hydrogen) atoms. The second-order valence-corrected chi connectivity index (χ2v) is 4.57. The van der Waals surface area contributed by atoms with E-state index in [1.165, 1.54) is 5.56 Å². The molecule has 2 aromatic heterocycles. The van der Waals surface area contributed by atoms with Crippen LogP contribution in [-0.2, 0) is 0 Å². The molecule has 90 valence electrons. The Morgan fingerprint density at radius 2 is 1.78 bits per heavy atom. The first-order valence-electron chi connectivity index (χ1n) is 6.10. The first kappa shape index (κ1) is 11.0. The number of rotatable bonds is 2. The summed E-state index contributed by atoms with van der Waals surface area (Å²) >= 11 is 0. The van der Waals surface area contributed by atoms with Gasteiger partial charge in [-0.25, -0.2) is 4.98 Å². The summed E-state index contributed by atoms with van der Waals surface area (Å²) in [4.78, 5) is 8.83. The van der Waals surface area contributed by atoms with Crippen LogP contribution in [0.4, 0.5) is 0 Å². The van der Waals surface area contributed by atoms with Crippen LogP contribution in [0.1, 0.15) is 29.9 Å². The lowest BCUT2D eigenvalue weighted by Gasteiger charge is -2.11. The molecule has 0 saturated heterocycles. The predicted molar refractivity (Wildman–Crippen MR) is 71.7 cm³/mol. The quantitative estimate of drug-likeness (QED) is 0.685. The number of aryl methyl sites for hydroxylation is 1. The third-order valence-corrected chi connectivity index (χ3v) is 3.26. The highest BCUT2D eigenvalue weighted by atomic mass is 15.0. The molecular weight excluding hydrogens is 222 g/mol. The van der Waals surface area contributed by atoms with Crippen molar-refractivity contribution in [1.82, 2.24) is 14.4 Å². The van der Waals surface area contributed by atoms with E-state index >= 15 is 0 Å². The van der Waals surface area contributed by atoms with E-state index < -0.39 is 0 Å². The molecule has 0 aliphatic carbocycles. The van der Waals surface area contributed by atoms with Crippen LogP contribution < -0.4 is 0 Å². The summed E-state index contributed by atoms with van der Waals surface area (Å²) in [5.74, 6) is 1.33. The van der Waals surface area contributed by atoms with Crippen LogP contribution in [0, 0.1) is 6.92 Å². The van der Waals surface area contributed by atoms with Gasteiger partial charge in [0.2, 0.25) is 0 Å². The smallest absolute Gasteiger partial charge is 0.120 e. The van der Waals surface area contributed by atoms with Crippen LogP contribution in [-0.4, -0.2) is 14.4 Å². The van der Waals surface area contributed by atoms with E-state index in [1.807, 2.05) is 31.6 Å². The number of hydrogen-bond donors (Lipinski definition) is 0. The van der Waals surface area contributed by atoms with Crippen molar-refractivity contribution in [1.29, 1.82) is 0 Å². The van der Waals surface area contributed by atoms with Crippen molar-refractivity contribution in [3.8, 4) is 0 Å². The zero-order valence-electron chi connectivity index (χ0n) is 10.5. The van der Waals surface area contributed by atoms with E-state index in [9.17, 15) is 0 Å². The molecule has 0 N–H and O–H groups in total. The maximum absolute atomic E-state index is 4.54. The molecule has 0 bridgehead atoms. The monoisotopic (exact) mass is 237 g/mol. The van der Waals surface area contributed by atoms with Gasteiger partial charge in [0, 0.05) is 12.1 Å². The highest BCUT2D eigenvalue weighted by Gasteiger charge is 2.13. The molecule has 3 nitrogen and oxygen atoms in total. The summed E-state index contributed by atoms with van der Waals surface area (Å²) in [5.41, 5.74) is 3.32. The van der Waals surface area contributed by atoms with Gasteiger partial charge in [-0.3, -0.25) is 9.38 Å². The first-order valence-corrected chi connectivity index (χ1v) is 6.10. The van der Waals surface area contributed by atoms with Gasteiger partial charge in [-0.05, 0) is 12.5 Å². The first-order chi connectivity index (χ1) is 8.75. The van der Waals surface area contributed by atoms with Gasteiger partial charge in [0.15, 0.2) is 0 Å². The van der Waals surface area contributed by atoms with Crippen molar-refractivity contribution in [2.45, 2.75) is 19.8 Å². The number of fused-ring (bicyclic) bond motifs is 1. The van der Waals surface area contributed by atoms with E-state index in [2.05, 4.69) is 45.6 Å². The number of nitrogens with zero attached hydrogens (tertiary/aromatic N) is 3. The van der Waals surface area contributed by atoms with Gasteiger partial charge in [-0.1, -0.05) is 37.3 Å². The van der Waals surface area contributed by atoms with Gasteiger partial charge in [-0.2, -0.15) is 0 Å². The van der Waals surface area contributed by atoms with Gasteiger partial charge < -0.3 is 0 Å². The summed E-state index contributed by atoms with van der Waals surface area (Å²) in [6.45, 7) is 4.18. The molecule has 0 aliphatic heterocycles. The predicted octanol–water partition coefficient (Wildman–Crippen LogP) is 3.19. The van der Waals surface area contributed by atoms with Crippen LogP contribution in [0.5, 0.6) is 0 Å². The van der Waals surface area contributed by atoms with E-state index in [0.29, 0.717) is 0 Å². The summed E-state index contributed by atoms with van der Waals surface area (Å²) in [6, 6.07) is 10.4. The average Bonchev–Trinajstić information content (AvgIpc) is 2.82. The average molecular weight is 237 g/mol. The Labute approximate surface area is 106 Å². The molecule has 0 saturated carbocycles. The Hall–Kier alpha value is -2.16. The lowest BCUT2D eigenvalue weighted by Crippen LogP contribution is -2.03. The summed E-state index contributed by atoms with van der Waals surface area (Å²) in [6.07, 6.45) is 5.78. The molecule has 3 rings (SSSR count). The highest BCUT2D eigenvalue weighted by molar-refractivity contribution is 5.45. The topological polar surface area (TPSA) is 30.2 Å². The number of hydrogen-bond acceptors (Lipinski definition) is 2. The van der Waals surface area contributed by atoms with Crippen molar-refractivity contribution in [3.63, 3.8) is 0 Å². The van der Waals surface area contributed by atoms with Crippen molar-refractivity contribution in [2.75, 3.05) is 0 Å². The minimum Gasteiger partial charge on any atom is -0.300 e. The highest BCUT2D eigenvalue weighted by Crippen LogP contribution is 2.23. The minimum atomic E-state index is 0.274. The lowest BCUT2D eigenvalue weighted by atomic mass is 10.0. The van der Waals surface area contributed by atoms with Crippen LogP contribution in [0.15, 0.2) is 48.9 Å². The van der Waals surface area contributed by atoms with E-state index in [4.69, 9.17) is 0 Å². The van der Waals surface area contributed by atoms with Crippen LogP contribution in [0.3, 0.4) is 0 Å². The SMILES string of the molecule is Cc1cn2c([C@@H](C)c3ccccc3)ncc2cn1. The molecule has 3 aromatic rings. The zero-order chi connectivity index (χ0) is 12.5. The molecule has 0 fully saturated rings. The number of benzene rings is 1. The molecule has 0 spiro atoms. The van der Waals surface area contributed by atoms with Gasteiger partial charge in [0.1, 0.15) is 5.82 Å². The maximum atomic E-state index is 4.54. The molecule has 1 aromatic carbocycles. The summed E-state index contributed by atoms with van der Waals surface area (Å²) < 4.78 is 2.12. The van der Waals surface area contributed by atoms with Crippen LogP contribution in [0.2, 0.25) is 0 Å². The van der Waals surface area contributed by atoms with E-state index in [-0.39, 0.29) is 5.92 Å². The van der Waals surface area contributed by atoms with Gasteiger partial charge in [0.25, 0.3) is 0 Å². The lowest BCUT2D eigenvalue weighted by molar-refractivity contribution is 0.806. The number of imidazole rings is 1. The molecule has 0 amide bonds. The normalized spacial score (nSPS) is 12.8. The number of aromatic nitrogens is 3. The van der Waals surface area contributed by atoms with E-state index in [0.717, 1.165) is 17.0 Å². The third kappa shape index (κ3) is 1.78. The van der Waals surface area contributed by atoms with Crippen LogP contribution in [0.25, 0.3) is 5.52 Å². The standard InChI is InChI=1S/C15H15N3/c1-11-10-18-14(8-16-11)9-17-15(18)12(2)13-6-4-3-5-7-13/h3-10,12H,1-2H3/t12-/m0/s1. The van der Waals surface area contributed by atoms with Gasteiger partial charge in [0.05, 0.1) is 23.6 Å². The molecule has 3 heteroatoms. The fraction of sp³-hybridized carbons (Fsp3) is 0.200. The zero-order valence-corrected chi connectivity index (χ0v) is 10.5. The van der Waals surface area contributed by atoms with Crippen molar-refractivity contribution in [3.05, 3.63) is 66.0 Å². The summed E-state index contributed by atoms with van der Waals surface area (Å²) in [5, 5.41) is 0. The minimum absolute atomic E-state index is 0.274. The Bertz CT molecular complexity index is 671. The maximum Gasteiger partial charge on any atom is 0.120 e. The fourth-order valence-corrected chi connectivity index (χ4v) is 2.22. The van der Waals surface area contributed by atoms with Crippen LogP contribution >= 0.6 is 0 Å². The van der Waals surface area contributed by atoms with E-state index in [1.54, 1.807) is 0 Å². The Morgan fingerprint density at radius 3 is 2.56 bits per heavy atom. The third-order valence-electron chi connectivity index (χ3n) is 3.26. The van der Waals surface area contributed by atoms with Crippen molar-refractivity contribution >= 4 is 5.52 Å². The second kappa shape index (κ2) is 4.26. The summed E-state index contributed by atoms with van der Waals surface area (Å²) in [7, 11) is 0. The Morgan fingerprint density at radius 1 is 1.06 bits per heavy atom. The molecule has 2 heterocycles. The molecule has 0 radical (unpaired) electrons. The Balaban J connectivity index is 2.12. The fourth-order valence-electron chi connectivity index (χ4n) is 2.22. The Kier molecular flexibility index (Phi) is 2.59. The molecule has 1 atom stereocenters. The second-order valence-electron chi connectivity index (χ2n) is 4.57. The van der Waals surface area contributed by atoms with Gasteiger partial charge >= 0.3 is 0 Å².